The first-order valence-corrected chi connectivity index (χ1v) is 10.8. The number of rotatable bonds is 4. The average molecular weight is 411 g/mol. The topological polar surface area (TPSA) is 67.2 Å². The third-order valence-electron chi connectivity index (χ3n) is 5.23. The van der Waals surface area contributed by atoms with Gasteiger partial charge in [-0.05, 0) is 24.5 Å². The highest BCUT2D eigenvalue weighted by Crippen LogP contribution is 2.33. The molecule has 0 saturated carbocycles. The molecule has 7 heteroatoms. The van der Waals surface area contributed by atoms with E-state index in [-0.39, 0.29) is 24.3 Å². The Labute approximate surface area is 174 Å². The Bertz CT molecular complexity index is 1040. The van der Waals surface area contributed by atoms with Crippen molar-refractivity contribution in [3.8, 4) is 0 Å². The molecule has 1 saturated heterocycles. The van der Waals surface area contributed by atoms with E-state index >= 15 is 0 Å². The van der Waals surface area contributed by atoms with Gasteiger partial charge in [-0.15, -0.1) is 11.3 Å². The number of nitrogens with one attached hydrogen (secondary N) is 1. The maximum absolute atomic E-state index is 13.5. The van der Waals surface area contributed by atoms with Crippen LogP contribution in [0.2, 0.25) is 0 Å². The van der Waals surface area contributed by atoms with Crippen molar-refractivity contribution in [2.45, 2.75) is 39.8 Å². The minimum Gasteiger partial charge on any atom is -0.354 e. The second-order valence-corrected chi connectivity index (χ2v) is 9.00. The Hall–Kier alpha value is -2.67. The van der Waals surface area contributed by atoms with Crippen LogP contribution in [0, 0.1) is 12.8 Å². The van der Waals surface area contributed by atoms with Crippen molar-refractivity contribution in [1.82, 2.24) is 20.0 Å². The molecular formula is C22H26N4O2S. The summed E-state index contributed by atoms with van der Waals surface area (Å²) in [4.78, 5) is 29.3. The number of aryl methyl sites for hydroxylation is 1. The minimum absolute atomic E-state index is 0.0195. The number of nitrogens with zero attached hydrogens (tertiary/aromatic N) is 3. The molecule has 0 bridgehead atoms. The van der Waals surface area contributed by atoms with E-state index in [0.717, 1.165) is 28.0 Å². The van der Waals surface area contributed by atoms with E-state index in [1.54, 1.807) is 0 Å². The highest BCUT2D eigenvalue weighted by Gasteiger charge is 2.31. The zero-order chi connectivity index (χ0) is 20.5. The SMILES string of the molecule is Cc1nn(CC(C)C)c2sc(C(=O)N3CCNC(=O)C[C@@H]3c3ccccc3)cc12. The van der Waals surface area contributed by atoms with Crippen LogP contribution < -0.4 is 5.32 Å². The number of carbonyl (C=O) groups excluding carboxylic acids is 2. The van der Waals surface area contributed by atoms with Gasteiger partial charge in [0.2, 0.25) is 5.91 Å². The zero-order valence-corrected chi connectivity index (χ0v) is 17.8. The van der Waals surface area contributed by atoms with Gasteiger partial charge >= 0.3 is 0 Å². The Morgan fingerprint density at radius 1 is 1.31 bits per heavy atom. The number of benzene rings is 1. The lowest BCUT2D eigenvalue weighted by atomic mass is 10.0. The fourth-order valence-corrected chi connectivity index (χ4v) is 5.00. The van der Waals surface area contributed by atoms with Gasteiger partial charge in [0.05, 0.1) is 23.0 Å². The maximum Gasteiger partial charge on any atom is 0.264 e. The van der Waals surface area contributed by atoms with Crippen LogP contribution in [0.3, 0.4) is 0 Å². The van der Waals surface area contributed by atoms with E-state index < -0.39 is 0 Å². The number of amides is 2. The predicted octanol–water partition coefficient (Wildman–Crippen LogP) is 3.77. The van der Waals surface area contributed by atoms with Gasteiger partial charge < -0.3 is 10.2 Å². The van der Waals surface area contributed by atoms with Crippen molar-refractivity contribution in [2.24, 2.45) is 5.92 Å². The second kappa shape index (κ2) is 7.99. The number of thiophene rings is 1. The summed E-state index contributed by atoms with van der Waals surface area (Å²) in [5.74, 6) is 0.435. The van der Waals surface area contributed by atoms with Gasteiger partial charge in [0.25, 0.3) is 5.91 Å². The quantitative estimate of drug-likeness (QED) is 0.712. The van der Waals surface area contributed by atoms with Gasteiger partial charge in [-0.1, -0.05) is 44.2 Å². The number of fused-ring (bicyclic) bond motifs is 1. The Kier molecular flexibility index (Phi) is 5.41. The molecule has 6 nitrogen and oxygen atoms in total. The fourth-order valence-electron chi connectivity index (χ4n) is 3.87. The first kappa shape index (κ1) is 19.6. The van der Waals surface area contributed by atoms with E-state index in [2.05, 4.69) is 24.3 Å². The molecule has 1 aliphatic rings. The lowest BCUT2D eigenvalue weighted by Gasteiger charge is -2.29. The molecular weight excluding hydrogens is 384 g/mol. The van der Waals surface area contributed by atoms with Gasteiger partial charge in [-0.25, -0.2) is 0 Å². The highest BCUT2D eigenvalue weighted by atomic mass is 32.1. The molecule has 4 rings (SSSR count). The number of aromatic nitrogens is 2. The Balaban J connectivity index is 1.70. The van der Waals surface area contributed by atoms with Crippen molar-refractivity contribution in [3.05, 3.63) is 52.5 Å². The van der Waals surface area contributed by atoms with Crippen molar-refractivity contribution in [1.29, 1.82) is 0 Å². The normalized spacial score (nSPS) is 17.6. The van der Waals surface area contributed by atoms with Crippen LogP contribution in [-0.2, 0) is 11.3 Å². The summed E-state index contributed by atoms with van der Waals surface area (Å²) in [7, 11) is 0. The average Bonchev–Trinajstić information content (AvgIpc) is 3.18. The molecule has 1 fully saturated rings. The Morgan fingerprint density at radius 2 is 2.07 bits per heavy atom. The van der Waals surface area contributed by atoms with Gasteiger partial charge in [-0.3, -0.25) is 14.3 Å². The summed E-state index contributed by atoms with van der Waals surface area (Å²) in [6.07, 6.45) is 0.279. The fraction of sp³-hybridized carbons (Fsp3) is 0.409. The molecule has 1 aliphatic heterocycles. The first-order valence-electron chi connectivity index (χ1n) is 10.0. The van der Waals surface area contributed by atoms with Crippen LogP contribution in [0.25, 0.3) is 10.2 Å². The number of hydrogen-bond acceptors (Lipinski definition) is 4. The summed E-state index contributed by atoms with van der Waals surface area (Å²) >= 11 is 1.50. The van der Waals surface area contributed by atoms with Crippen molar-refractivity contribution in [2.75, 3.05) is 13.1 Å². The van der Waals surface area contributed by atoms with E-state index in [0.29, 0.717) is 23.9 Å². The van der Waals surface area contributed by atoms with Crippen LogP contribution in [0.4, 0.5) is 0 Å². The summed E-state index contributed by atoms with van der Waals surface area (Å²) in [6.45, 7) is 8.10. The molecule has 2 amide bonds. The van der Waals surface area contributed by atoms with Crippen molar-refractivity contribution in [3.63, 3.8) is 0 Å². The zero-order valence-electron chi connectivity index (χ0n) is 17.0. The molecule has 3 heterocycles. The van der Waals surface area contributed by atoms with Gasteiger partial charge in [0.1, 0.15) is 4.83 Å². The van der Waals surface area contributed by atoms with E-state index in [1.807, 2.05) is 52.9 Å². The van der Waals surface area contributed by atoms with E-state index in [9.17, 15) is 9.59 Å². The molecule has 29 heavy (non-hydrogen) atoms. The summed E-state index contributed by atoms with van der Waals surface area (Å²) in [6, 6.07) is 11.5. The summed E-state index contributed by atoms with van der Waals surface area (Å²) in [5, 5.41) is 8.58. The van der Waals surface area contributed by atoms with Gasteiger partial charge in [-0.2, -0.15) is 5.10 Å². The molecule has 0 radical (unpaired) electrons. The van der Waals surface area contributed by atoms with Crippen molar-refractivity contribution < 1.29 is 9.59 Å². The molecule has 1 N–H and O–H groups in total. The van der Waals surface area contributed by atoms with E-state index in [4.69, 9.17) is 0 Å². The smallest absolute Gasteiger partial charge is 0.264 e. The molecule has 152 valence electrons. The van der Waals surface area contributed by atoms with Crippen LogP contribution >= 0.6 is 11.3 Å². The van der Waals surface area contributed by atoms with Crippen LogP contribution in [0.1, 0.15) is 47.2 Å². The van der Waals surface area contributed by atoms with Gasteiger partial charge in [0.15, 0.2) is 0 Å². The highest BCUT2D eigenvalue weighted by molar-refractivity contribution is 7.20. The number of carbonyl (C=O) groups is 2. The third kappa shape index (κ3) is 3.92. The molecule has 1 aromatic carbocycles. The van der Waals surface area contributed by atoms with Gasteiger partial charge in [0, 0.05) is 25.0 Å². The number of hydrogen-bond donors (Lipinski definition) is 1. The standard InChI is InChI=1S/C22H26N4O2S/c1-14(2)13-26-22-17(15(3)24-26)11-19(29-22)21(28)25-10-9-23-20(27)12-18(25)16-7-5-4-6-8-16/h4-8,11,14,18H,9-10,12-13H2,1-3H3,(H,23,27)/t18-/m1/s1. The predicted molar refractivity (Wildman–Crippen MR) is 115 cm³/mol. The Morgan fingerprint density at radius 3 is 2.79 bits per heavy atom. The lowest BCUT2D eigenvalue weighted by Crippen LogP contribution is -2.36. The molecule has 3 aromatic rings. The monoisotopic (exact) mass is 410 g/mol. The largest absolute Gasteiger partial charge is 0.354 e. The molecule has 0 spiro atoms. The van der Waals surface area contributed by atoms with Crippen molar-refractivity contribution >= 4 is 33.4 Å². The molecule has 2 aromatic heterocycles. The first-order chi connectivity index (χ1) is 13.9. The maximum atomic E-state index is 13.5. The van der Waals surface area contributed by atoms with Crippen LogP contribution in [-0.4, -0.2) is 39.6 Å². The summed E-state index contributed by atoms with van der Waals surface area (Å²) in [5.41, 5.74) is 1.93. The lowest BCUT2D eigenvalue weighted by molar-refractivity contribution is -0.121. The molecule has 0 aliphatic carbocycles. The van der Waals surface area contributed by atoms with Crippen LogP contribution in [0.15, 0.2) is 36.4 Å². The summed E-state index contributed by atoms with van der Waals surface area (Å²) < 4.78 is 2.01. The molecule has 1 atom stereocenters. The van der Waals surface area contributed by atoms with E-state index in [1.165, 1.54) is 11.3 Å². The third-order valence-corrected chi connectivity index (χ3v) is 6.37. The minimum atomic E-state index is -0.260. The van der Waals surface area contributed by atoms with Crippen LogP contribution in [0.5, 0.6) is 0 Å². The molecule has 0 unspecified atom stereocenters. The second-order valence-electron chi connectivity index (χ2n) is 7.97.